The van der Waals surface area contributed by atoms with E-state index >= 15 is 0 Å². The van der Waals surface area contributed by atoms with Crippen LogP contribution in [0.4, 0.5) is 5.69 Å². The lowest BCUT2D eigenvalue weighted by atomic mass is 10.0. The summed E-state index contributed by atoms with van der Waals surface area (Å²) in [6.07, 6.45) is 1.83. The van der Waals surface area contributed by atoms with Crippen LogP contribution in [-0.4, -0.2) is 27.5 Å². The van der Waals surface area contributed by atoms with E-state index in [1.54, 1.807) is 23.9 Å². The first-order valence-electron chi connectivity index (χ1n) is 5.91. The predicted octanol–water partition coefficient (Wildman–Crippen LogP) is 3.37. The first-order chi connectivity index (χ1) is 8.94. The van der Waals surface area contributed by atoms with E-state index < -0.39 is 10.7 Å². The third kappa shape index (κ3) is 2.95. The molecule has 102 valence electrons. The van der Waals surface area contributed by atoms with E-state index in [-0.39, 0.29) is 11.5 Å². The minimum absolute atomic E-state index is 0.0920. The average Bonchev–Trinajstić information content (AvgIpc) is 2.79. The van der Waals surface area contributed by atoms with Gasteiger partial charge < -0.3 is 10.4 Å². The lowest BCUT2D eigenvalue weighted by Gasteiger charge is -2.22. The second-order valence-electron chi connectivity index (χ2n) is 4.60. The molecule has 1 unspecified atom stereocenters. The van der Waals surface area contributed by atoms with E-state index in [4.69, 9.17) is 5.11 Å². The fourth-order valence-electron chi connectivity index (χ4n) is 2.03. The van der Waals surface area contributed by atoms with Crippen LogP contribution in [0.2, 0.25) is 0 Å². The van der Waals surface area contributed by atoms with Crippen LogP contribution in [0, 0.1) is 0 Å². The summed E-state index contributed by atoms with van der Waals surface area (Å²) in [6.45, 7) is 1.90. The van der Waals surface area contributed by atoms with Crippen molar-refractivity contribution in [2.75, 3.05) is 11.1 Å². The van der Waals surface area contributed by atoms with E-state index in [2.05, 4.69) is 21.2 Å². The van der Waals surface area contributed by atoms with Gasteiger partial charge in [-0.2, -0.15) is 0 Å². The highest BCUT2D eigenvalue weighted by Crippen LogP contribution is 2.39. The van der Waals surface area contributed by atoms with Crippen molar-refractivity contribution in [3.8, 4) is 0 Å². The molecule has 1 aliphatic rings. The smallest absolute Gasteiger partial charge is 0.337 e. The fraction of sp³-hybridized carbons (Fsp3) is 0.385. The van der Waals surface area contributed by atoms with Crippen LogP contribution >= 0.6 is 27.7 Å². The van der Waals surface area contributed by atoms with Crippen molar-refractivity contribution in [2.45, 2.75) is 24.5 Å². The van der Waals surface area contributed by atoms with Crippen molar-refractivity contribution in [1.29, 1.82) is 0 Å². The highest BCUT2D eigenvalue weighted by Gasteiger charge is 2.37. The molecule has 2 N–H and O–H groups in total. The summed E-state index contributed by atoms with van der Waals surface area (Å²) < 4.78 is 0.109. The number of hydrogen-bond acceptors (Lipinski definition) is 3. The van der Waals surface area contributed by atoms with Crippen LogP contribution in [0.1, 0.15) is 30.1 Å². The topological polar surface area (TPSA) is 66.4 Å². The van der Waals surface area contributed by atoms with Crippen molar-refractivity contribution in [1.82, 2.24) is 0 Å². The Morgan fingerprint density at radius 1 is 1.47 bits per heavy atom. The molecule has 0 aromatic heterocycles. The summed E-state index contributed by atoms with van der Waals surface area (Å²) in [4.78, 5) is 23.5. The molecule has 1 aliphatic heterocycles. The highest BCUT2D eigenvalue weighted by molar-refractivity contribution is 9.10. The van der Waals surface area contributed by atoms with Gasteiger partial charge in [0.05, 0.1) is 16.0 Å². The minimum Gasteiger partial charge on any atom is -0.478 e. The number of hydrogen-bond donors (Lipinski definition) is 2. The number of thioether (sulfide) groups is 1. The molecule has 2 rings (SSSR count). The Morgan fingerprint density at radius 3 is 2.79 bits per heavy atom. The molecular formula is C13H14BrNO3S. The number of anilines is 1. The Kier molecular flexibility index (Phi) is 4.20. The maximum absolute atomic E-state index is 12.3. The molecule has 19 heavy (non-hydrogen) atoms. The number of rotatable bonds is 3. The predicted molar refractivity (Wildman–Crippen MR) is 79.8 cm³/mol. The molecule has 1 fully saturated rings. The van der Waals surface area contributed by atoms with Crippen LogP contribution in [0.25, 0.3) is 0 Å². The van der Waals surface area contributed by atoms with Crippen molar-refractivity contribution >= 4 is 45.3 Å². The zero-order valence-corrected chi connectivity index (χ0v) is 12.8. The van der Waals surface area contributed by atoms with Gasteiger partial charge in [-0.05, 0) is 53.6 Å². The Balaban J connectivity index is 2.28. The molecule has 0 radical (unpaired) electrons. The molecule has 0 aliphatic carbocycles. The van der Waals surface area contributed by atoms with Crippen LogP contribution in [-0.2, 0) is 4.79 Å². The molecule has 1 aromatic carbocycles. The van der Waals surface area contributed by atoms with Gasteiger partial charge in [0.2, 0.25) is 5.91 Å². The van der Waals surface area contributed by atoms with Gasteiger partial charge in [-0.1, -0.05) is 6.07 Å². The van der Waals surface area contributed by atoms with Gasteiger partial charge in [-0.25, -0.2) is 4.79 Å². The molecule has 1 saturated heterocycles. The number of nitrogens with one attached hydrogen (secondary N) is 1. The molecule has 0 bridgehead atoms. The first kappa shape index (κ1) is 14.4. The zero-order valence-electron chi connectivity index (χ0n) is 10.4. The lowest BCUT2D eigenvalue weighted by molar-refractivity contribution is -0.118. The van der Waals surface area contributed by atoms with Gasteiger partial charge in [0.1, 0.15) is 0 Å². The molecule has 1 heterocycles. The van der Waals surface area contributed by atoms with E-state index in [1.807, 2.05) is 6.92 Å². The van der Waals surface area contributed by atoms with Crippen LogP contribution in [0.5, 0.6) is 0 Å². The number of halogens is 1. The summed E-state index contributed by atoms with van der Waals surface area (Å²) >= 11 is 4.90. The zero-order chi connectivity index (χ0) is 14.0. The Bertz CT molecular complexity index is 527. The van der Waals surface area contributed by atoms with Crippen LogP contribution in [0.3, 0.4) is 0 Å². The van der Waals surface area contributed by atoms with Crippen molar-refractivity contribution in [2.24, 2.45) is 0 Å². The van der Waals surface area contributed by atoms with E-state index in [1.165, 1.54) is 6.07 Å². The molecular weight excluding hydrogens is 330 g/mol. The largest absolute Gasteiger partial charge is 0.478 e. The van der Waals surface area contributed by atoms with Crippen molar-refractivity contribution in [3.05, 3.63) is 28.2 Å². The fourth-order valence-corrected chi connectivity index (χ4v) is 3.71. The average molecular weight is 344 g/mol. The molecule has 0 saturated carbocycles. The van der Waals surface area contributed by atoms with E-state index in [9.17, 15) is 9.59 Å². The Hall–Kier alpha value is -1.01. The maximum Gasteiger partial charge on any atom is 0.337 e. The molecule has 4 nitrogen and oxygen atoms in total. The van der Waals surface area contributed by atoms with Crippen LogP contribution in [0.15, 0.2) is 22.7 Å². The lowest BCUT2D eigenvalue weighted by Crippen LogP contribution is -2.35. The highest BCUT2D eigenvalue weighted by atomic mass is 79.9. The third-order valence-corrected chi connectivity index (χ3v) is 5.36. The summed E-state index contributed by atoms with van der Waals surface area (Å²) in [6, 6.07) is 4.83. The molecule has 6 heteroatoms. The monoisotopic (exact) mass is 343 g/mol. The molecule has 1 amide bonds. The van der Waals surface area contributed by atoms with Crippen molar-refractivity contribution < 1.29 is 14.7 Å². The minimum atomic E-state index is -1.05. The SMILES string of the molecule is CC1(C(=O)Nc2c(Br)cccc2C(=O)O)CCCS1. The Morgan fingerprint density at radius 2 is 2.21 bits per heavy atom. The number of amides is 1. The number of aromatic carboxylic acids is 1. The quantitative estimate of drug-likeness (QED) is 0.882. The molecule has 1 atom stereocenters. The van der Waals surface area contributed by atoms with Gasteiger partial charge in [-0.15, -0.1) is 11.8 Å². The number of carbonyl (C=O) groups excluding carboxylic acids is 1. The second-order valence-corrected chi connectivity index (χ2v) is 7.06. The van der Waals surface area contributed by atoms with Gasteiger partial charge >= 0.3 is 5.97 Å². The van der Waals surface area contributed by atoms with Crippen LogP contribution < -0.4 is 5.32 Å². The number of carboxylic acid groups (broad SMARTS) is 1. The van der Waals surface area contributed by atoms with E-state index in [0.717, 1.165) is 18.6 Å². The molecule has 1 aromatic rings. The number of carboxylic acids is 1. The number of benzene rings is 1. The Labute approximate surface area is 124 Å². The normalized spacial score (nSPS) is 22.2. The maximum atomic E-state index is 12.3. The van der Waals surface area contributed by atoms with Gasteiger partial charge in [0.15, 0.2) is 0 Å². The standard InChI is InChI=1S/C13H14BrNO3S/c1-13(6-3-7-19-13)12(18)15-10-8(11(16)17)4-2-5-9(10)14/h2,4-5H,3,6-7H2,1H3,(H,15,18)(H,16,17). The summed E-state index contributed by atoms with van der Waals surface area (Å²) in [7, 11) is 0. The summed E-state index contributed by atoms with van der Waals surface area (Å²) in [5.74, 6) is -0.226. The number of carbonyl (C=O) groups is 2. The molecule has 0 spiro atoms. The van der Waals surface area contributed by atoms with Gasteiger partial charge in [-0.3, -0.25) is 4.79 Å². The number of para-hydroxylation sites is 1. The summed E-state index contributed by atoms with van der Waals surface area (Å²) in [5, 5.41) is 11.9. The first-order valence-corrected chi connectivity index (χ1v) is 7.69. The second kappa shape index (κ2) is 5.54. The van der Waals surface area contributed by atoms with Crippen molar-refractivity contribution in [3.63, 3.8) is 0 Å². The van der Waals surface area contributed by atoms with Gasteiger partial charge in [0, 0.05) is 4.47 Å². The van der Waals surface area contributed by atoms with E-state index in [0.29, 0.717) is 10.2 Å². The third-order valence-electron chi connectivity index (χ3n) is 3.18. The van der Waals surface area contributed by atoms with Gasteiger partial charge in [0.25, 0.3) is 0 Å². The summed E-state index contributed by atoms with van der Waals surface area (Å²) in [5.41, 5.74) is 0.419.